The van der Waals surface area contributed by atoms with E-state index in [1.807, 2.05) is 36.8 Å². The van der Waals surface area contributed by atoms with Crippen molar-refractivity contribution < 1.29 is 5.11 Å². The van der Waals surface area contributed by atoms with Crippen molar-refractivity contribution in [3.63, 3.8) is 0 Å². The number of aliphatic hydroxyl groups is 1. The van der Waals surface area contributed by atoms with Gasteiger partial charge in [0.2, 0.25) is 0 Å². The summed E-state index contributed by atoms with van der Waals surface area (Å²) in [6.45, 7) is 4.29. The summed E-state index contributed by atoms with van der Waals surface area (Å²) < 4.78 is 2.10. The number of aromatic nitrogens is 3. The molecule has 24 heavy (non-hydrogen) atoms. The summed E-state index contributed by atoms with van der Waals surface area (Å²) >= 11 is 0. The third-order valence-electron chi connectivity index (χ3n) is 3.91. The minimum atomic E-state index is 0.129. The van der Waals surface area contributed by atoms with Crippen LogP contribution in [0, 0.1) is 6.92 Å². The lowest BCUT2D eigenvalue weighted by Crippen LogP contribution is -2.27. The zero-order valence-electron chi connectivity index (χ0n) is 13.8. The highest BCUT2D eigenvalue weighted by Crippen LogP contribution is 2.15. The molecule has 0 amide bonds. The smallest absolute Gasteiger partial charge is 0.137 e. The first kappa shape index (κ1) is 16.4. The third-order valence-corrected chi connectivity index (χ3v) is 3.91. The first-order valence-electron chi connectivity index (χ1n) is 8.07. The zero-order chi connectivity index (χ0) is 16.8. The normalized spacial score (nSPS) is 11.1. The van der Waals surface area contributed by atoms with E-state index >= 15 is 0 Å². The van der Waals surface area contributed by atoms with Gasteiger partial charge in [-0.25, -0.2) is 4.98 Å². The maximum absolute atomic E-state index is 9.39. The molecular formula is C19H22N4O. The molecule has 0 radical (unpaired) electrons. The lowest BCUT2D eigenvalue weighted by molar-refractivity contribution is 0.182. The Bertz CT molecular complexity index is 770. The summed E-state index contributed by atoms with van der Waals surface area (Å²) in [7, 11) is 0. The lowest BCUT2D eigenvalue weighted by atomic mass is 10.2. The molecule has 0 aliphatic heterocycles. The molecule has 0 saturated heterocycles. The largest absolute Gasteiger partial charge is 0.395 e. The molecule has 0 bridgehead atoms. The first-order valence-corrected chi connectivity index (χ1v) is 8.07. The predicted molar refractivity (Wildman–Crippen MR) is 93.7 cm³/mol. The van der Waals surface area contributed by atoms with Gasteiger partial charge < -0.3 is 9.67 Å². The molecule has 0 unspecified atom stereocenters. The summed E-state index contributed by atoms with van der Waals surface area (Å²) in [5, 5.41) is 9.39. The minimum absolute atomic E-state index is 0.129. The quantitative estimate of drug-likeness (QED) is 0.726. The maximum Gasteiger partial charge on any atom is 0.137 e. The Kier molecular flexibility index (Phi) is 5.36. The molecule has 0 atom stereocenters. The number of pyridine rings is 2. The van der Waals surface area contributed by atoms with Crippen LogP contribution in [-0.4, -0.2) is 37.7 Å². The SMILES string of the molecule is Cc1ccnc(-n2cccc2CN(CCO)Cc2cccnc2)c1. The van der Waals surface area contributed by atoms with Gasteiger partial charge in [-0.05, 0) is 48.4 Å². The molecule has 3 heterocycles. The summed E-state index contributed by atoms with van der Waals surface area (Å²) in [5.41, 5.74) is 3.46. The van der Waals surface area contributed by atoms with E-state index in [0.29, 0.717) is 6.54 Å². The highest BCUT2D eigenvalue weighted by molar-refractivity contribution is 5.31. The molecule has 3 aromatic heterocycles. The van der Waals surface area contributed by atoms with Crippen LogP contribution in [0.1, 0.15) is 16.8 Å². The van der Waals surface area contributed by atoms with Crippen LogP contribution >= 0.6 is 0 Å². The Morgan fingerprint density at radius 3 is 2.79 bits per heavy atom. The predicted octanol–water partition coefficient (Wildman–Crippen LogP) is 2.57. The fourth-order valence-electron chi connectivity index (χ4n) is 2.75. The molecule has 5 heteroatoms. The summed E-state index contributed by atoms with van der Waals surface area (Å²) in [5.74, 6) is 0.917. The van der Waals surface area contributed by atoms with Crippen molar-refractivity contribution in [3.05, 3.63) is 78.0 Å². The van der Waals surface area contributed by atoms with Crippen LogP contribution in [0.4, 0.5) is 0 Å². The van der Waals surface area contributed by atoms with Crippen LogP contribution in [0.3, 0.4) is 0 Å². The van der Waals surface area contributed by atoms with Gasteiger partial charge >= 0.3 is 0 Å². The first-order chi connectivity index (χ1) is 11.8. The van der Waals surface area contributed by atoms with Crippen molar-refractivity contribution in [1.29, 1.82) is 0 Å². The Hall–Kier alpha value is -2.50. The maximum atomic E-state index is 9.39. The summed E-state index contributed by atoms with van der Waals surface area (Å²) in [6.07, 6.45) is 7.49. The van der Waals surface area contributed by atoms with Crippen molar-refractivity contribution in [2.75, 3.05) is 13.2 Å². The van der Waals surface area contributed by atoms with Gasteiger partial charge in [-0.15, -0.1) is 0 Å². The van der Waals surface area contributed by atoms with E-state index in [1.165, 1.54) is 5.56 Å². The Morgan fingerprint density at radius 1 is 1.12 bits per heavy atom. The van der Waals surface area contributed by atoms with Crippen molar-refractivity contribution >= 4 is 0 Å². The van der Waals surface area contributed by atoms with E-state index in [9.17, 15) is 5.11 Å². The molecule has 124 valence electrons. The highest BCUT2D eigenvalue weighted by atomic mass is 16.3. The van der Waals surface area contributed by atoms with E-state index in [0.717, 1.165) is 30.2 Å². The van der Waals surface area contributed by atoms with Crippen LogP contribution in [0.5, 0.6) is 0 Å². The molecule has 3 rings (SSSR count). The third kappa shape index (κ3) is 4.07. The summed E-state index contributed by atoms with van der Waals surface area (Å²) in [4.78, 5) is 10.8. The van der Waals surface area contributed by atoms with Crippen LogP contribution in [0.25, 0.3) is 5.82 Å². The van der Waals surface area contributed by atoms with E-state index < -0.39 is 0 Å². The van der Waals surface area contributed by atoms with Crippen molar-refractivity contribution in [3.8, 4) is 5.82 Å². The molecule has 0 aliphatic carbocycles. The van der Waals surface area contributed by atoms with E-state index in [-0.39, 0.29) is 6.61 Å². The number of aryl methyl sites for hydroxylation is 1. The average Bonchev–Trinajstić information content (AvgIpc) is 3.04. The molecule has 0 aromatic carbocycles. The number of hydrogen-bond donors (Lipinski definition) is 1. The van der Waals surface area contributed by atoms with Gasteiger partial charge in [0.25, 0.3) is 0 Å². The molecule has 3 aromatic rings. The van der Waals surface area contributed by atoms with Crippen molar-refractivity contribution in [2.45, 2.75) is 20.0 Å². The molecular weight excluding hydrogens is 300 g/mol. The van der Waals surface area contributed by atoms with Gasteiger partial charge in [0.15, 0.2) is 0 Å². The molecule has 1 N–H and O–H groups in total. The number of aliphatic hydroxyl groups excluding tert-OH is 1. The highest BCUT2D eigenvalue weighted by Gasteiger charge is 2.11. The molecule has 0 aliphatic rings. The Morgan fingerprint density at radius 2 is 2.04 bits per heavy atom. The summed E-state index contributed by atoms with van der Waals surface area (Å²) in [6, 6.07) is 12.2. The monoisotopic (exact) mass is 322 g/mol. The second kappa shape index (κ2) is 7.86. The lowest BCUT2D eigenvalue weighted by Gasteiger charge is -2.22. The topological polar surface area (TPSA) is 54.2 Å². The van der Waals surface area contributed by atoms with Gasteiger partial charge in [0.1, 0.15) is 5.82 Å². The van der Waals surface area contributed by atoms with Crippen molar-refractivity contribution in [2.24, 2.45) is 0 Å². The van der Waals surface area contributed by atoms with Crippen LogP contribution in [-0.2, 0) is 13.1 Å². The van der Waals surface area contributed by atoms with Crippen LogP contribution in [0.15, 0.2) is 61.2 Å². The molecule has 0 spiro atoms. The molecule has 0 fully saturated rings. The van der Waals surface area contributed by atoms with Gasteiger partial charge in [-0.3, -0.25) is 9.88 Å². The minimum Gasteiger partial charge on any atom is -0.395 e. The van der Waals surface area contributed by atoms with Crippen LogP contribution < -0.4 is 0 Å². The Labute approximate surface area is 142 Å². The van der Waals surface area contributed by atoms with E-state index in [1.54, 1.807) is 6.20 Å². The van der Waals surface area contributed by atoms with Gasteiger partial charge in [-0.1, -0.05) is 6.07 Å². The number of hydrogen-bond acceptors (Lipinski definition) is 4. The second-order valence-corrected chi connectivity index (χ2v) is 5.86. The number of nitrogens with zero attached hydrogens (tertiary/aromatic N) is 4. The van der Waals surface area contributed by atoms with Gasteiger partial charge in [0, 0.05) is 50.1 Å². The molecule has 5 nitrogen and oxygen atoms in total. The Balaban J connectivity index is 1.79. The molecule has 0 saturated carbocycles. The average molecular weight is 322 g/mol. The van der Waals surface area contributed by atoms with Crippen LogP contribution in [0.2, 0.25) is 0 Å². The fourth-order valence-corrected chi connectivity index (χ4v) is 2.75. The second-order valence-electron chi connectivity index (χ2n) is 5.86. The van der Waals surface area contributed by atoms with E-state index in [4.69, 9.17) is 0 Å². The fraction of sp³-hybridized carbons (Fsp3) is 0.263. The van der Waals surface area contributed by atoms with Crippen molar-refractivity contribution in [1.82, 2.24) is 19.4 Å². The zero-order valence-corrected chi connectivity index (χ0v) is 13.8. The van der Waals surface area contributed by atoms with Gasteiger partial charge in [-0.2, -0.15) is 0 Å². The number of rotatable bonds is 7. The standard InChI is InChI=1S/C19H22N4O/c1-16-6-8-21-19(12-16)23-9-3-5-18(23)15-22(10-11-24)14-17-4-2-7-20-13-17/h2-9,12-13,24H,10-11,14-15H2,1H3. The van der Waals surface area contributed by atoms with E-state index in [2.05, 4.69) is 44.6 Å². The van der Waals surface area contributed by atoms with Gasteiger partial charge in [0.05, 0.1) is 6.61 Å².